The third-order valence-electron chi connectivity index (χ3n) is 3.22. The van der Waals surface area contributed by atoms with Gasteiger partial charge in [0.2, 0.25) is 5.91 Å². The number of halogens is 1. The van der Waals surface area contributed by atoms with E-state index < -0.39 is 0 Å². The summed E-state index contributed by atoms with van der Waals surface area (Å²) in [4.78, 5) is 20.6. The van der Waals surface area contributed by atoms with Crippen molar-refractivity contribution in [2.45, 2.75) is 12.8 Å². The number of hydrogen-bond donors (Lipinski definition) is 1. The van der Waals surface area contributed by atoms with Crippen LogP contribution >= 0.6 is 22.9 Å². The SMILES string of the molecule is O=C(CCc1nc(-c2cccnc2)cs1)Nc1ccccc1Cl. The highest BCUT2D eigenvalue weighted by molar-refractivity contribution is 7.09. The number of aryl methyl sites for hydroxylation is 1. The lowest BCUT2D eigenvalue weighted by Crippen LogP contribution is -2.12. The van der Waals surface area contributed by atoms with Crippen LogP contribution in [0.25, 0.3) is 11.3 Å². The number of carbonyl (C=O) groups excluding carboxylic acids is 1. The second-order valence-electron chi connectivity index (χ2n) is 4.90. The Hall–Kier alpha value is -2.24. The number of rotatable bonds is 5. The van der Waals surface area contributed by atoms with E-state index in [0.717, 1.165) is 16.3 Å². The number of para-hydroxylation sites is 1. The number of nitrogens with one attached hydrogen (secondary N) is 1. The molecule has 0 fully saturated rings. The van der Waals surface area contributed by atoms with Crippen molar-refractivity contribution in [1.82, 2.24) is 9.97 Å². The highest BCUT2D eigenvalue weighted by Gasteiger charge is 2.09. The van der Waals surface area contributed by atoms with Crippen LogP contribution in [0, 0.1) is 0 Å². The molecule has 0 unspecified atom stereocenters. The predicted molar refractivity (Wildman–Crippen MR) is 93.7 cm³/mol. The van der Waals surface area contributed by atoms with Gasteiger partial charge in [-0.25, -0.2) is 4.98 Å². The lowest BCUT2D eigenvalue weighted by Gasteiger charge is -2.05. The molecule has 3 rings (SSSR count). The molecule has 116 valence electrons. The fraction of sp³-hybridized carbons (Fsp3) is 0.118. The van der Waals surface area contributed by atoms with Crippen LogP contribution in [0.1, 0.15) is 11.4 Å². The lowest BCUT2D eigenvalue weighted by atomic mass is 10.2. The maximum Gasteiger partial charge on any atom is 0.224 e. The molecule has 0 saturated heterocycles. The number of aromatic nitrogens is 2. The van der Waals surface area contributed by atoms with Crippen LogP contribution in [0.2, 0.25) is 5.02 Å². The Balaban J connectivity index is 1.58. The van der Waals surface area contributed by atoms with Crippen LogP contribution in [-0.4, -0.2) is 15.9 Å². The van der Waals surface area contributed by atoms with Crippen molar-refractivity contribution in [3.05, 3.63) is 64.2 Å². The highest BCUT2D eigenvalue weighted by Crippen LogP contribution is 2.23. The minimum atomic E-state index is -0.0729. The van der Waals surface area contributed by atoms with E-state index in [1.165, 1.54) is 0 Å². The summed E-state index contributed by atoms with van der Waals surface area (Å²) >= 11 is 7.58. The van der Waals surface area contributed by atoms with Gasteiger partial charge < -0.3 is 5.32 Å². The number of nitrogens with zero attached hydrogens (tertiary/aromatic N) is 2. The Morgan fingerprint density at radius 2 is 2.09 bits per heavy atom. The maximum absolute atomic E-state index is 12.0. The lowest BCUT2D eigenvalue weighted by molar-refractivity contribution is -0.116. The number of benzene rings is 1. The number of thiazole rings is 1. The largest absolute Gasteiger partial charge is 0.325 e. The van der Waals surface area contributed by atoms with Crippen molar-refractivity contribution in [2.75, 3.05) is 5.32 Å². The van der Waals surface area contributed by atoms with Crippen LogP contribution in [0.3, 0.4) is 0 Å². The molecule has 0 aliphatic rings. The minimum absolute atomic E-state index is 0.0729. The van der Waals surface area contributed by atoms with Crippen molar-refractivity contribution in [1.29, 1.82) is 0 Å². The van der Waals surface area contributed by atoms with E-state index in [1.807, 2.05) is 29.6 Å². The topological polar surface area (TPSA) is 54.9 Å². The predicted octanol–water partition coefficient (Wildman–Crippen LogP) is 4.43. The number of hydrogen-bond acceptors (Lipinski definition) is 4. The zero-order valence-corrected chi connectivity index (χ0v) is 13.8. The van der Waals surface area contributed by atoms with E-state index in [4.69, 9.17) is 11.6 Å². The molecule has 23 heavy (non-hydrogen) atoms. The van der Waals surface area contributed by atoms with E-state index in [1.54, 1.807) is 35.9 Å². The molecule has 0 radical (unpaired) electrons. The Bertz CT molecular complexity index is 804. The quantitative estimate of drug-likeness (QED) is 0.745. The van der Waals surface area contributed by atoms with E-state index in [0.29, 0.717) is 23.6 Å². The number of carbonyl (C=O) groups is 1. The molecule has 0 aliphatic carbocycles. The van der Waals surface area contributed by atoms with Crippen molar-refractivity contribution in [3.63, 3.8) is 0 Å². The van der Waals surface area contributed by atoms with Gasteiger partial charge in [0.1, 0.15) is 0 Å². The second kappa shape index (κ2) is 7.35. The summed E-state index contributed by atoms with van der Waals surface area (Å²) in [6, 6.07) is 11.0. The maximum atomic E-state index is 12.0. The molecule has 1 N–H and O–H groups in total. The van der Waals surface area contributed by atoms with Crippen molar-refractivity contribution in [3.8, 4) is 11.3 Å². The molecule has 0 saturated carbocycles. The smallest absolute Gasteiger partial charge is 0.224 e. The van der Waals surface area contributed by atoms with E-state index >= 15 is 0 Å². The first-order valence-corrected chi connectivity index (χ1v) is 8.37. The van der Waals surface area contributed by atoms with Gasteiger partial charge in [0.05, 0.1) is 21.4 Å². The van der Waals surface area contributed by atoms with Gasteiger partial charge in [-0.2, -0.15) is 0 Å². The average Bonchev–Trinajstić information content (AvgIpc) is 3.05. The standard InChI is InChI=1S/C17H14ClN3OS/c18-13-5-1-2-6-14(13)20-16(22)7-8-17-21-15(11-23-17)12-4-3-9-19-10-12/h1-6,9-11H,7-8H2,(H,20,22). The molecule has 1 aromatic carbocycles. The van der Waals surface area contributed by atoms with Crippen LogP contribution in [0.5, 0.6) is 0 Å². The van der Waals surface area contributed by atoms with Crippen LogP contribution < -0.4 is 5.32 Å². The first-order chi connectivity index (χ1) is 11.2. The third kappa shape index (κ3) is 4.15. The monoisotopic (exact) mass is 343 g/mol. The fourth-order valence-electron chi connectivity index (χ4n) is 2.07. The summed E-state index contributed by atoms with van der Waals surface area (Å²) in [6.07, 6.45) is 4.48. The molecule has 2 heterocycles. The Morgan fingerprint density at radius 3 is 2.87 bits per heavy atom. The second-order valence-corrected chi connectivity index (χ2v) is 6.25. The van der Waals surface area contributed by atoms with Crippen LogP contribution in [0.4, 0.5) is 5.69 Å². The van der Waals surface area contributed by atoms with Crippen LogP contribution in [-0.2, 0) is 11.2 Å². The average molecular weight is 344 g/mol. The van der Waals surface area contributed by atoms with Gasteiger partial charge in [-0.05, 0) is 24.3 Å². The minimum Gasteiger partial charge on any atom is -0.325 e. The van der Waals surface area contributed by atoms with Crippen molar-refractivity contribution >= 4 is 34.5 Å². The van der Waals surface area contributed by atoms with Crippen molar-refractivity contribution in [2.24, 2.45) is 0 Å². The van der Waals surface area contributed by atoms with E-state index in [-0.39, 0.29) is 5.91 Å². The van der Waals surface area contributed by atoms with E-state index in [2.05, 4.69) is 15.3 Å². The third-order valence-corrected chi connectivity index (χ3v) is 4.46. The van der Waals surface area contributed by atoms with Gasteiger partial charge in [-0.3, -0.25) is 9.78 Å². The number of amides is 1. The summed E-state index contributed by atoms with van der Waals surface area (Å²) < 4.78 is 0. The molecule has 4 nitrogen and oxygen atoms in total. The Morgan fingerprint density at radius 1 is 1.22 bits per heavy atom. The molecule has 0 aliphatic heterocycles. The van der Waals surface area contributed by atoms with Gasteiger partial charge in [-0.15, -0.1) is 11.3 Å². The van der Waals surface area contributed by atoms with Gasteiger partial charge in [-0.1, -0.05) is 23.7 Å². The molecule has 0 spiro atoms. The summed E-state index contributed by atoms with van der Waals surface area (Å²) in [5.74, 6) is -0.0729. The number of pyridine rings is 1. The zero-order chi connectivity index (χ0) is 16.1. The molecular formula is C17H14ClN3OS. The normalized spacial score (nSPS) is 10.5. The molecule has 6 heteroatoms. The highest BCUT2D eigenvalue weighted by atomic mass is 35.5. The fourth-order valence-corrected chi connectivity index (χ4v) is 3.06. The first kappa shape index (κ1) is 15.6. The molecule has 1 amide bonds. The van der Waals surface area contributed by atoms with Crippen LogP contribution in [0.15, 0.2) is 54.2 Å². The Kier molecular flexibility index (Phi) is 5.00. The molecule has 0 bridgehead atoms. The molecular weight excluding hydrogens is 330 g/mol. The summed E-state index contributed by atoms with van der Waals surface area (Å²) in [5, 5.41) is 6.26. The van der Waals surface area contributed by atoms with Gasteiger partial charge in [0, 0.05) is 36.2 Å². The Labute approximate surface area is 143 Å². The summed E-state index contributed by atoms with van der Waals surface area (Å²) in [7, 11) is 0. The molecule has 2 aromatic heterocycles. The summed E-state index contributed by atoms with van der Waals surface area (Å²) in [6.45, 7) is 0. The molecule has 3 aromatic rings. The van der Waals surface area contributed by atoms with E-state index in [9.17, 15) is 4.79 Å². The molecule has 0 atom stereocenters. The number of anilines is 1. The van der Waals surface area contributed by atoms with Gasteiger partial charge in [0.25, 0.3) is 0 Å². The van der Waals surface area contributed by atoms with Crippen molar-refractivity contribution < 1.29 is 4.79 Å². The summed E-state index contributed by atoms with van der Waals surface area (Å²) in [5.41, 5.74) is 2.51. The van der Waals surface area contributed by atoms with Gasteiger partial charge in [0.15, 0.2) is 0 Å². The zero-order valence-electron chi connectivity index (χ0n) is 12.2. The first-order valence-electron chi connectivity index (χ1n) is 7.11. The van der Waals surface area contributed by atoms with Gasteiger partial charge >= 0.3 is 0 Å².